The summed E-state index contributed by atoms with van der Waals surface area (Å²) in [6.07, 6.45) is 0.659. The van der Waals surface area contributed by atoms with E-state index in [-0.39, 0.29) is 29.1 Å². The summed E-state index contributed by atoms with van der Waals surface area (Å²) in [5.41, 5.74) is 2.99. The van der Waals surface area contributed by atoms with Gasteiger partial charge in [-0.2, -0.15) is 0 Å². The van der Waals surface area contributed by atoms with Gasteiger partial charge in [-0.1, -0.05) is 13.8 Å². The van der Waals surface area contributed by atoms with Gasteiger partial charge in [0.2, 0.25) is 0 Å². The van der Waals surface area contributed by atoms with Gasteiger partial charge in [0.05, 0.1) is 24.5 Å². The van der Waals surface area contributed by atoms with E-state index in [0.29, 0.717) is 24.5 Å². The van der Waals surface area contributed by atoms with Gasteiger partial charge in [0.25, 0.3) is 0 Å². The number of carboxylic acid groups (broad SMARTS) is 1. The van der Waals surface area contributed by atoms with Crippen molar-refractivity contribution in [2.24, 2.45) is 5.92 Å². The summed E-state index contributed by atoms with van der Waals surface area (Å²) in [6.45, 7) is 7.98. The number of carboxylic acids is 1. The van der Waals surface area contributed by atoms with E-state index in [4.69, 9.17) is 9.47 Å². The molecule has 27 heavy (non-hydrogen) atoms. The average Bonchev–Trinajstić information content (AvgIpc) is 3.00. The van der Waals surface area contributed by atoms with Crippen molar-refractivity contribution in [2.45, 2.75) is 46.8 Å². The zero-order valence-corrected chi connectivity index (χ0v) is 16.3. The molecule has 1 aliphatic rings. The summed E-state index contributed by atoms with van der Waals surface area (Å²) < 4.78 is 13.2. The fourth-order valence-corrected chi connectivity index (χ4v) is 3.49. The molecule has 1 aromatic carbocycles. The highest BCUT2D eigenvalue weighted by molar-refractivity contribution is 6.07. The van der Waals surface area contributed by atoms with Crippen LogP contribution in [0.3, 0.4) is 0 Å². The van der Waals surface area contributed by atoms with E-state index in [1.54, 1.807) is 27.0 Å². The van der Waals surface area contributed by atoms with Gasteiger partial charge in [0.1, 0.15) is 0 Å². The summed E-state index contributed by atoms with van der Waals surface area (Å²) in [5.74, 6) is -0.267. The predicted molar refractivity (Wildman–Crippen MR) is 102 cm³/mol. The van der Waals surface area contributed by atoms with Crippen molar-refractivity contribution in [3.63, 3.8) is 0 Å². The van der Waals surface area contributed by atoms with Crippen LogP contribution >= 0.6 is 0 Å². The molecule has 0 saturated heterocycles. The molecule has 0 unspecified atom stereocenters. The number of rotatable bonds is 6. The van der Waals surface area contributed by atoms with Gasteiger partial charge in [-0.3, -0.25) is 4.79 Å². The number of aromatic nitrogens is 1. The van der Waals surface area contributed by atoms with Crippen LogP contribution in [0.4, 0.5) is 0 Å². The monoisotopic (exact) mass is 371 g/mol. The normalized spacial score (nSPS) is 12.7. The SMILES string of the molecule is COc1cc2c(cc1OC(C)C)-c1cc(C(=O)O)c(C(=O)C(C)C)n1CC2. The van der Waals surface area contributed by atoms with Crippen molar-refractivity contribution in [3.05, 3.63) is 35.0 Å². The second-order valence-corrected chi connectivity index (χ2v) is 7.34. The van der Waals surface area contributed by atoms with Gasteiger partial charge in [0.15, 0.2) is 17.3 Å². The van der Waals surface area contributed by atoms with Crippen LogP contribution in [0.5, 0.6) is 11.5 Å². The van der Waals surface area contributed by atoms with Gasteiger partial charge in [0, 0.05) is 23.7 Å². The molecule has 0 radical (unpaired) electrons. The third-order valence-electron chi connectivity index (χ3n) is 4.72. The molecule has 0 fully saturated rings. The Morgan fingerprint density at radius 1 is 1.11 bits per heavy atom. The summed E-state index contributed by atoms with van der Waals surface area (Å²) in [4.78, 5) is 24.5. The molecule has 6 nitrogen and oxygen atoms in total. The number of aryl methyl sites for hydroxylation is 1. The van der Waals surface area contributed by atoms with Crippen LogP contribution in [-0.2, 0) is 13.0 Å². The standard InChI is InChI=1S/C21H25NO5/c1-11(2)20(23)19-15(21(24)25)9-16-14-10-18(27-12(3)4)17(26-5)8-13(14)6-7-22(16)19/h8-12H,6-7H2,1-5H3,(H,24,25). The van der Waals surface area contributed by atoms with E-state index in [2.05, 4.69) is 0 Å². The van der Waals surface area contributed by atoms with Crippen LogP contribution in [0.1, 0.15) is 54.1 Å². The minimum absolute atomic E-state index is 0.0278. The molecule has 2 heterocycles. The van der Waals surface area contributed by atoms with Crippen LogP contribution in [0.25, 0.3) is 11.3 Å². The highest BCUT2D eigenvalue weighted by atomic mass is 16.5. The number of hydrogen-bond acceptors (Lipinski definition) is 4. The van der Waals surface area contributed by atoms with Crippen LogP contribution in [0.15, 0.2) is 18.2 Å². The van der Waals surface area contributed by atoms with Crippen molar-refractivity contribution in [3.8, 4) is 22.8 Å². The fraction of sp³-hybridized carbons (Fsp3) is 0.429. The van der Waals surface area contributed by atoms with E-state index >= 15 is 0 Å². The van der Waals surface area contributed by atoms with Crippen molar-refractivity contribution in [1.29, 1.82) is 0 Å². The first-order valence-corrected chi connectivity index (χ1v) is 9.13. The third kappa shape index (κ3) is 3.31. The average molecular weight is 371 g/mol. The maximum absolute atomic E-state index is 12.7. The molecule has 0 saturated carbocycles. The number of benzene rings is 1. The number of hydrogen-bond donors (Lipinski definition) is 1. The van der Waals surface area contributed by atoms with Crippen LogP contribution in [0.2, 0.25) is 0 Å². The first-order chi connectivity index (χ1) is 12.7. The molecule has 1 N–H and O–H groups in total. The number of Topliss-reactive ketones (excluding diaryl/α,β-unsaturated/α-hetero) is 1. The maximum atomic E-state index is 12.7. The van der Waals surface area contributed by atoms with Crippen molar-refractivity contribution >= 4 is 11.8 Å². The van der Waals surface area contributed by atoms with Gasteiger partial charge >= 0.3 is 5.97 Å². The lowest BCUT2D eigenvalue weighted by Gasteiger charge is -2.24. The Morgan fingerprint density at radius 3 is 2.37 bits per heavy atom. The second kappa shape index (κ2) is 7.10. The van der Waals surface area contributed by atoms with E-state index < -0.39 is 5.97 Å². The lowest BCUT2D eigenvalue weighted by Crippen LogP contribution is -2.21. The summed E-state index contributed by atoms with van der Waals surface area (Å²) >= 11 is 0. The number of ketones is 1. The Morgan fingerprint density at radius 2 is 1.81 bits per heavy atom. The van der Waals surface area contributed by atoms with Crippen molar-refractivity contribution < 1.29 is 24.2 Å². The summed E-state index contributed by atoms with van der Waals surface area (Å²) in [5, 5.41) is 9.64. The number of fused-ring (bicyclic) bond motifs is 3. The molecular formula is C21H25NO5. The molecule has 144 valence electrons. The highest BCUT2D eigenvalue weighted by Crippen LogP contribution is 2.41. The second-order valence-electron chi connectivity index (χ2n) is 7.34. The van der Waals surface area contributed by atoms with Crippen LogP contribution < -0.4 is 9.47 Å². The largest absolute Gasteiger partial charge is 0.493 e. The number of ether oxygens (including phenoxy) is 2. The predicted octanol–water partition coefficient (Wildman–Crippen LogP) is 4.04. The van der Waals surface area contributed by atoms with Crippen molar-refractivity contribution in [2.75, 3.05) is 7.11 Å². The smallest absolute Gasteiger partial charge is 0.338 e. The third-order valence-corrected chi connectivity index (χ3v) is 4.72. The molecule has 1 aliphatic heterocycles. The first kappa shape index (κ1) is 19.0. The minimum atomic E-state index is -1.09. The van der Waals surface area contributed by atoms with Crippen molar-refractivity contribution in [1.82, 2.24) is 4.57 Å². The van der Waals surface area contributed by atoms with Gasteiger partial charge in [-0.05, 0) is 44.0 Å². The molecule has 0 spiro atoms. The lowest BCUT2D eigenvalue weighted by molar-refractivity contribution is 0.0690. The molecule has 0 aliphatic carbocycles. The molecule has 0 bridgehead atoms. The Kier molecular flexibility index (Phi) is 5.00. The fourth-order valence-electron chi connectivity index (χ4n) is 3.49. The van der Waals surface area contributed by atoms with Crippen LogP contribution in [-0.4, -0.2) is 34.6 Å². The summed E-state index contributed by atoms with van der Waals surface area (Å²) in [7, 11) is 1.60. The van der Waals surface area contributed by atoms with E-state index in [1.807, 2.05) is 30.5 Å². The zero-order valence-electron chi connectivity index (χ0n) is 16.3. The van der Waals surface area contributed by atoms with E-state index in [1.165, 1.54) is 0 Å². The number of methoxy groups -OCH3 is 1. The maximum Gasteiger partial charge on any atom is 0.338 e. The topological polar surface area (TPSA) is 77.8 Å². The summed E-state index contributed by atoms with van der Waals surface area (Å²) in [6, 6.07) is 5.42. The number of nitrogens with zero attached hydrogens (tertiary/aromatic N) is 1. The van der Waals surface area contributed by atoms with Crippen LogP contribution in [0, 0.1) is 5.92 Å². The zero-order chi connectivity index (χ0) is 19.9. The number of aromatic carboxylic acids is 1. The number of carbonyl (C=O) groups excluding carboxylic acids is 1. The van der Waals surface area contributed by atoms with Gasteiger partial charge < -0.3 is 19.1 Å². The van der Waals surface area contributed by atoms with E-state index in [9.17, 15) is 14.7 Å². The van der Waals surface area contributed by atoms with Gasteiger partial charge in [-0.15, -0.1) is 0 Å². The quantitative estimate of drug-likeness (QED) is 0.775. The Labute approximate surface area is 158 Å². The molecule has 3 rings (SSSR count). The Balaban J connectivity index is 2.22. The lowest BCUT2D eigenvalue weighted by atomic mass is 9.97. The molecule has 0 amide bonds. The molecule has 1 aromatic heterocycles. The molecule has 6 heteroatoms. The molecule has 2 aromatic rings. The number of carbonyl (C=O) groups is 2. The Bertz CT molecular complexity index is 908. The van der Waals surface area contributed by atoms with E-state index in [0.717, 1.165) is 16.8 Å². The first-order valence-electron chi connectivity index (χ1n) is 9.13. The Hall–Kier alpha value is -2.76. The molecular weight excluding hydrogens is 346 g/mol. The molecule has 0 atom stereocenters. The highest BCUT2D eigenvalue weighted by Gasteiger charge is 2.30. The minimum Gasteiger partial charge on any atom is -0.493 e. The van der Waals surface area contributed by atoms with Gasteiger partial charge in [-0.25, -0.2) is 4.79 Å².